The van der Waals surface area contributed by atoms with Gasteiger partial charge in [0.1, 0.15) is 11.5 Å². The summed E-state index contributed by atoms with van der Waals surface area (Å²) in [7, 11) is 3.18. The second kappa shape index (κ2) is 10.8. The van der Waals surface area contributed by atoms with Crippen LogP contribution in [0.2, 0.25) is 0 Å². The Balaban J connectivity index is 1.48. The monoisotopic (exact) mass is 472 g/mol. The van der Waals surface area contributed by atoms with E-state index >= 15 is 0 Å². The van der Waals surface area contributed by atoms with Crippen molar-refractivity contribution in [1.82, 2.24) is 4.98 Å². The SMILES string of the molecule is COc1cc2nccc(Oc3cc(C)c(NC(=O)OCCc4ccccc4)cc3C)c2cc1OC. The number of pyridine rings is 1. The fourth-order valence-corrected chi connectivity index (χ4v) is 3.74. The van der Waals surface area contributed by atoms with Crippen LogP contribution >= 0.6 is 0 Å². The van der Waals surface area contributed by atoms with Crippen molar-refractivity contribution < 1.29 is 23.7 Å². The molecule has 0 aliphatic carbocycles. The number of carbonyl (C=O) groups excluding carboxylic acids is 1. The third-order valence-electron chi connectivity index (χ3n) is 5.65. The summed E-state index contributed by atoms with van der Waals surface area (Å²) in [5.74, 6) is 2.51. The first-order valence-electron chi connectivity index (χ1n) is 11.3. The van der Waals surface area contributed by atoms with E-state index in [-0.39, 0.29) is 0 Å². The minimum atomic E-state index is -0.488. The average Bonchev–Trinajstić information content (AvgIpc) is 2.87. The molecule has 0 aliphatic rings. The van der Waals surface area contributed by atoms with Crippen LogP contribution in [0.3, 0.4) is 0 Å². The van der Waals surface area contributed by atoms with Crippen molar-refractivity contribution in [3.05, 3.63) is 83.6 Å². The van der Waals surface area contributed by atoms with Gasteiger partial charge in [-0.15, -0.1) is 0 Å². The Morgan fingerprint density at radius 3 is 2.34 bits per heavy atom. The van der Waals surface area contributed by atoms with Gasteiger partial charge in [0.15, 0.2) is 11.5 Å². The van der Waals surface area contributed by atoms with Gasteiger partial charge in [-0.3, -0.25) is 10.3 Å². The number of anilines is 1. The van der Waals surface area contributed by atoms with Crippen LogP contribution < -0.4 is 19.5 Å². The Morgan fingerprint density at radius 1 is 0.857 bits per heavy atom. The van der Waals surface area contributed by atoms with Gasteiger partial charge in [0, 0.05) is 29.8 Å². The third kappa shape index (κ3) is 5.63. The number of ether oxygens (including phenoxy) is 4. The molecule has 1 heterocycles. The van der Waals surface area contributed by atoms with Gasteiger partial charge in [-0.25, -0.2) is 4.79 Å². The van der Waals surface area contributed by atoms with E-state index < -0.39 is 6.09 Å². The molecule has 0 bridgehead atoms. The maximum absolute atomic E-state index is 12.3. The Morgan fingerprint density at radius 2 is 1.60 bits per heavy atom. The molecule has 0 fully saturated rings. The number of benzene rings is 3. The molecule has 3 aromatic carbocycles. The fraction of sp³-hybridized carbons (Fsp3) is 0.214. The Bertz CT molecular complexity index is 1340. The largest absolute Gasteiger partial charge is 0.493 e. The molecule has 35 heavy (non-hydrogen) atoms. The molecule has 1 amide bonds. The predicted octanol–water partition coefficient (Wildman–Crippen LogP) is 6.45. The molecular formula is C28H28N2O5. The zero-order valence-corrected chi connectivity index (χ0v) is 20.3. The maximum atomic E-state index is 12.3. The number of methoxy groups -OCH3 is 2. The van der Waals surface area contributed by atoms with Crippen LogP contribution in [0.4, 0.5) is 10.5 Å². The number of fused-ring (bicyclic) bond motifs is 1. The van der Waals surface area contributed by atoms with Crippen molar-refractivity contribution in [2.75, 3.05) is 26.1 Å². The Hall–Kier alpha value is -4.26. The van der Waals surface area contributed by atoms with E-state index in [2.05, 4.69) is 10.3 Å². The second-order valence-electron chi connectivity index (χ2n) is 8.06. The zero-order valence-electron chi connectivity index (χ0n) is 20.3. The second-order valence-corrected chi connectivity index (χ2v) is 8.06. The summed E-state index contributed by atoms with van der Waals surface area (Å²) in [4.78, 5) is 16.7. The highest BCUT2D eigenvalue weighted by Gasteiger charge is 2.14. The van der Waals surface area contributed by atoms with Gasteiger partial charge in [-0.2, -0.15) is 0 Å². The minimum Gasteiger partial charge on any atom is -0.493 e. The van der Waals surface area contributed by atoms with Gasteiger partial charge in [-0.05, 0) is 54.8 Å². The highest BCUT2D eigenvalue weighted by molar-refractivity contribution is 5.89. The van der Waals surface area contributed by atoms with E-state index in [0.29, 0.717) is 41.7 Å². The van der Waals surface area contributed by atoms with Crippen molar-refractivity contribution >= 4 is 22.7 Å². The lowest BCUT2D eigenvalue weighted by Crippen LogP contribution is -2.16. The smallest absolute Gasteiger partial charge is 0.411 e. The van der Waals surface area contributed by atoms with Crippen molar-refractivity contribution in [3.8, 4) is 23.0 Å². The van der Waals surface area contributed by atoms with E-state index in [4.69, 9.17) is 18.9 Å². The van der Waals surface area contributed by atoms with Crippen molar-refractivity contribution in [2.24, 2.45) is 0 Å². The fourth-order valence-electron chi connectivity index (χ4n) is 3.74. The zero-order chi connectivity index (χ0) is 24.8. The summed E-state index contributed by atoms with van der Waals surface area (Å²) in [5.41, 5.74) is 4.23. The van der Waals surface area contributed by atoms with Gasteiger partial charge >= 0.3 is 6.09 Å². The first kappa shape index (κ1) is 23.9. The van der Waals surface area contributed by atoms with Crippen LogP contribution in [0.15, 0.2) is 66.9 Å². The molecule has 0 spiro atoms. The molecule has 180 valence electrons. The van der Waals surface area contributed by atoms with E-state index in [9.17, 15) is 4.79 Å². The summed E-state index contributed by atoms with van der Waals surface area (Å²) in [6, 6.07) is 19.1. The van der Waals surface area contributed by atoms with Crippen LogP contribution in [0.5, 0.6) is 23.0 Å². The number of nitrogens with zero attached hydrogens (tertiary/aromatic N) is 1. The summed E-state index contributed by atoms with van der Waals surface area (Å²) in [5, 5.41) is 3.63. The molecule has 7 heteroatoms. The van der Waals surface area contributed by atoms with E-state index in [1.807, 2.05) is 68.4 Å². The highest BCUT2D eigenvalue weighted by Crippen LogP contribution is 2.38. The normalized spacial score (nSPS) is 10.6. The summed E-state index contributed by atoms with van der Waals surface area (Å²) in [6.45, 7) is 4.14. The van der Waals surface area contributed by atoms with Gasteiger partial charge in [0.25, 0.3) is 0 Å². The van der Waals surface area contributed by atoms with E-state index in [1.54, 1.807) is 26.5 Å². The molecule has 0 radical (unpaired) electrons. The molecular weight excluding hydrogens is 444 g/mol. The van der Waals surface area contributed by atoms with Crippen LogP contribution in [0.1, 0.15) is 16.7 Å². The van der Waals surface area contributed by atoms with Gasteiger partial charge in [0.2, 0.25) is 0 Å². The summed E-state index contributed by atoms with van der Waals surface area (Å²) in [6.07, 6.45) is 1.86. The van der Waals surface area contributed by atoms with Crippen LogP contribution in [-0.2, 0) is 11.2 Å². The van der Waals surface area contributed by atoms with Crippen LogP contribution in [0, 0.1) is 13.8 Å². The lowest BCUT2D eigenvalue weighted by molar-refractivity contribution is 0.163. The molecule has 0 unspecified atom stereocenters. The molecule has 7 nitrogen and oxygen atoms in total. The first-order valence-corrected chi connectivity index (χ1v) is 11.3. The standard InChI is InChI=1S/C28H28N2O5/c1-18-15-25(35-24-10-12-29-23-17-27(33-4)26(32-3)16-21(23)24)19(2)14-22(18)30-28(31)34-13-11-20-8-6-5-7-9-20/h5-10,12,14-17H,11,13H2,1-4H3,(H,30,31). The molecule has 0 atom stereocenters. The number of carbonyl (C=O) groups is 1. The Labute approximate surface area is 204 Å². The molecule has 4 rings (SSSR count). The number of hydrogen-bond acceptors (Lipinski definition) is 6. The van der Waals surface area contributed by atoms with Gasteiger partial charge in [0.05, 0.1) is 26.3 Å². The predicted molar refractivity (Wildman–Crippen MR) is 136 cm³/mol. The number of aromatic nitrogens is 1. The topological polar surface area (TPSA) is 78.9 Å². The number of amides is 1. The van der Waals surface area contributed by atoms with Crippen LogP contribution in [0.25, 0.3) is 10.9 Å². The lowest BCUT2D eigenvalue weighted by Gasteiger charge is -2.16. The van der Waals surface area contributed by atoms with Crippen molar-refractivity contribution in [1.29, 1.82) is 0 Å². The lowest BCUT2D eigenvalue weighted by atomic mass is 10.1. The first-order chi connectivity index (χ1) is 17.0. The summed E-state index contributed by atoms with van der Waals surface area (Å²) >= 11 is 0. The minimum absolute atomic E-state index is 0.304. The third-order valence-corrected chi connectivity index (χ3v) is 5.65. The quantitative estimate of drug-likeness (QED) is 0.317. The van der Waals surface area contributed by atoms with Crippen molar-refractivity contribution in [3.63, 3.8) is 0 Å². The molecule has 0 aliphatic heterocycles. The van der Waals surface area contributed by atoms with Crippen LogP contribution in [-0.4, -0.2) is 31.9 Å². The maximum Gasteiger partial charge on any atom is 0.411 e. The van der Waals surface area contributed by atoms with E-state index in [1.165, 1.54) is 0 Å². The molecule has 4 aromatic rings. The van der Waals surface area contributed by atoms with Gasteiger partial charge in [-0.1, -0.05) is 30.3 Å². The van der Waals surface area contributed by atoms with E-state index in [0.717, 1.165) is 27.6 Å². The molecule has 0 saturated carbocycles. The molecule has 0 saturated heterocycles. The van der Waals surface area contributed by atoms with Crippen molar-refractivity contribution in [2.45, 2.75) is 20.3 Å². The Kier molecular flexibility index (Phi) is 7.35. The number of nitrogens with one attached hydrogen (secondary N) is 1. The summed E-state index contributed by atoms with van der Waals surface area (Å²) < 4.78 is 22.4. The number of hydrogen-bond donors (Lipinski definition) is 1. The number of aryl methyl sites for hydroxylation is 2. The van der Waals surface area contributed by atoms with Gasteiger partial charge < -0.3 is 18.9 Å². The molecule has 1 aromatic heterocycles. The number of rotatable bonds is 8. The average molecular weight is 473 g/mol. The highest BCUT2D eigenvalue weighted by atomic mass is 16.5. The molecule has 1 N–H and O–H groups in total.